The molecular weight excluding hydrogens is 605 g/mol. The molecule has 7 nitrogen and oxygen atoms in total. The molecule has 0 aliphatic carbocycles. The number of nitrogens with one attached hydrogen (secondary N) is 1. The molecule has 0 fully saturated rings. The molecule has 11 heteroatoms. The van der Waals surface area contributed by atoms with Gasteiger partial charge in [-0.25, -0.2) is 8.42 Å². The molecule has 1 N–H and O–H groups in total. The fourth-order valence-corrected chi connectivity index (χ4v) is 6.30. The molecule has 0 aromatic heterocycles. The first-order valence-electron chi connectivity index (χ1n) is 13.3. The lowest BCUT2D eigenvalue weighted by Gasteiger charge is -2.33. The van der Waals surface area contributed by atoms with Crippen LogP contribution in [0.4, 0.5) is 5.69 Å². The quantitative estimate of drug-likeness (QED) is 0.237. The number of aryl methyl sites for hydroxylation is 1. The maximum absolute atomic E-state index is 14.1. The minimum Gasteiger partial charge on any atom is -0.354 e. The van der Waals surface area contributed by atoms with Crippen molar-refractivity contribution in [3.05, 3.63) is 92.4 Å². The van der Waals surface area contributed by atoms with Gasteiger partial charge in [0.2, 0.25) is 11.8 Å². The van der Waals surface area contributed by atoms with Crippen LogP contribution in [0.25, 0.3) is 0 Å². The van der Waals surface area contributed by atoms with E-state index in [1.54, 1.807) is 62.4 Å². The highest BCUT2D eigenvalue weighted by atomic mass is 35.5. The van der Waals surface area contributed by atoms with Gasteiger partial charge in [-0.2, -0.15) is 0 Å². The first kappa shape index (κ1) is 32.7. The van der Waals surface area contributed by atoms with Crippen LogP contribution >= 0.6 is 34.8 Å². The van der Waals surface area contributed by atoms with E-state index in [9.17, 15) is 18.0 Å². The summed E-state index contributed by atoms with van der Waals surface area (Å²) in [5, 5.41) is 3.88. The van der Waals surface area contributed by atoms with E-state index in [0.29, 0.717) is 39.2 Å². The lowest BCUT2D eigenvalue weighted by Crippen LogP contribution is -2.52. The van der Waals surface area contributed by atoms with Gasteiger partial charge >= 0.3 is 0 Å². The van der Waals surface area contributed by atoms with Crippen molar-refractivity contribution in [2.24, 2.45) is 0 Å². The molecule has 0 bridgehead atoms. The smallest absolute Gasteiger partial charge is 0.264 e. The average Bonchev–Trinajstić information content (AvgIpc) is 2.94. The number of anilines is 1. The lowest BCUT2D eigenvalue weighted by atomic mass is 10.1. The standard InChI is InChI=1S/C30H34Cl3N3O4S/c1-5-16-34-30(38)27(6-2)35(18-22-12-15-25(32)26(33)17-22)29(37)19-36(28-9-7-8-24(31)21(28)4)41(39,40)23-13-10-20(3)11-14-23/h7-15,17,27H,5-6,16,18-19H2,1-4H3,(H,34,38). The van der Waals surface area contributed by atoms with Crippen LogP contribution in [0.2, 0.25) is 15.1 Å². The Hall–Kier alpha value is -2.78. The van der Waals surface area contributed by atoms with Crippen molar-refractivity contribution in [3.63, 3.8) is 0 Å². The van der Waals surface area contributed by atoms with E-state index in [-0.39, 0.29) is 23.0 Å². The molecule has 0 saturated carbocycles. The monoisotopic (exact) mass is 637 g/mol. The third-order valence-corrected chi connectivity index (χ3v) is 9.59. The largest absolute Gasteiger partial charge is 0.354 e. The molecule has 3 aromatic rings. The van der Waals surface area contributed by atoms with Crippen LogP contribution in [0.3, 0.4) is 0 Å². The topological polar surface area (TPSA) is 86.8 Å². The summed E-state index contributed by atoms with van der Waals surface area (Å²) in [6, 6.07) is 15.4. The summed E-state index contributed by atoms with van der Waals surface area (Å²) in [7, 11) is -4.20. The van der Waals surface area contributed by atoms with Gasteiger partial charge in [0.1, 0.15) is 12.6 Å². The van der Waals surface area contributed by atoms with Crippen molar-refractivity contribution in [3.8, 4) is 0 Å². The first-order chi connectivity index (χ1) is 19.4. The number of carbonyl (C=O) groups excluding carboxylic acids is 2. The zero-order valence-electron chi connectivity index (χ0n) is 23.5. The molecule has 41 heavy (non-hydrogen) atoms. The highest BCUT2D eigenvalue weighted by Gasteiger charge is 2.34. The normalized spacial score (nSPS) is 12.1. The van der Waals surface area contributed by atoms with Crippen molar-refractivity contribution >= 4 is 62.3 Å². The van der Waals surface area contributed by atoms with Gasteiger partial charge in [0, 0.05) is 18.1 Å². The summed E-state index contributed by atoms with van der Waals surface area (Å²) in [5.74, 6) is -0.890. The van der Waals surface area contributed by atoms with Gasteiger partial charge < -0.3 is 10.2 Å². The van der Waals surface area contributed by atoms with Crippen LogP contribution in [0.1, 0.15) is 43.4 Å². The van der Waals surface area contributed by atoms with E-state index >= 15 is 0 Å². The molecule has 220 valence electrons. The summed E-state index contributed by atoms with van der Waals surface area (Å²) in [5.41, 5.74) is 2.30. The van der Waals surface area contributed by atoms with E-state index in [2.05, 4.69) is 5.32 Å². The second-order valence-electron chi connectivity index (χ2n) is 9.69. The number of nitrogens with zero attached hydrogens (tertiary/aromatic N) is 2. The van der Waals surface area contributed by atoms with Gasteiger partial charge in [-0.3, -0.25) is 13.9 Å². The van der Waals surface area contributed by atoms with Crippen molar-refractivity contribution < 1.29 is 18.0 Å². The van der Waals surface area contributed by atoms with Crippen LogP contribution in [0.15, 0.2) is 65.6 Å². The number of benzene rings is 3. The second-order valence-corrected chi connectivity index (χ2v) is 12.8. The molecule has 1 atom stereocenters. The first-order valence-corrected chi connectivity index (χ1v) is 15.8. The molecule has 0 saturated heterocycles. The summed E-state index contributed by atoms with van der Waals surface area (Å²) in [6.07, 6.45) is 1.03. The Kier molecular flexibility index (Phi) is 11.5. The summed E-state index contributed by atoms with van der Waals surface area (Å²) in [4.78, 5) is 28.7. The second kappa shape index (κ2) is 14.4. The minimum absolute atomic E-state index is 0.0146. The maximum atomic E-state index is 14.1. The van der Waals surface area contributed by atoms with Gasteiger partial charge in [0.15, 0.2) is 0 Å². The Morgan fingerprint density at radius 3 is 2.20 bits per heavy atom. The van der Waals surface area contributed by atoms with E-state index in [0.717, 1.165) is 16.3 Å². The Morgan fingerprint density at radius 1 is 0.902 bits per heavy atom. The third kappa shape index (κ3) is 7.95. The Bertz CT molecular complexity index is 1500. The maximum Gasteiger partial charge on any atom is 0.264 e. The van der Waals surface area contributed by atoms with Crippen LogP contribution in [-0.2, 0) is 26.2 Å². The predicted octanol–water partition coefficient (Wildman–Crippen LogP) is 6.79. The summed E-state index contributed by atoms with van der Waals surface area (Å²) in [6.45, 7) is 7.18. The number of rotatable bonds is 12. The van der Waals surface area contributed by atoms with Gasteiger partial charge in [-0.15, -0.1) is 0 Å². The fourth-order valence-electron chi connectivity index (χ4n) is 4.34. The summed E-state index contributed by atoms with van der Waals surface area (Å²) < 4.78 is 29.1. The van der Waals surface area contributed by atoms with E-state index in [1.807, 2.05) is 13.8 Å². The van der Waals surface area contributed by atoms with Gasteiger partial charge in [0.05, 0.1) is 20.6 Å². The number of halogens is 3. The van der Waals surface area contributed by atoms with Crippen molar-refractivity contribution in [1.82, 2.24) is 10.2 Å². The van der Waals surface area contributed by atoms with Gasteiger partial charge in [-0.1, -0.05) is 78.5 Å². The molecule has 3 rings (SSSR count). The zero-order valence-corrected chi connectivity index (χ0v) is 26.5. The third-order valence-electron chi connectivity index (χ3n) is 6.67. The molecule has 0 aliphatic heterocycles. The molecular formula is C30H34Cl3N3O4S. The number of hydrogen-bond acceptors (Lipinski definition) is 4. The molecule has 0 heterocycles. The van der Waals surface area contributed by atoms with E-state index in [4.69, 9.17) is 34.8 Å². The highest BCUT2D eigenvalue weighted by Crippen LogP contribution is 2.32. The number of hydrogen-bond donors (Lipinski definition) is 1. The fraction of sp³-hybridized carbons (Fsp3) is 0.333. The van der Waals surface area contributed by atoms with E-state index in [1.165, 1.54) is 17.0 Å². The van der Waals surface area contributed by atoms with Crippen LogP contribution in [0, 0.1) is 13.8 Å². The molecule has 0 radical (unpaired) electrons. The SMILES string of the molecule is CCCNC(=O)C(CC)N(Cc1ccc(Cl)c(Cl)c1)C(=O)CN(c1cccc(Cl)c1C)S(=O)(=O)c1ccc(C)cc1. The molecule has 3 aromatic carbocycles. The highest BCUT2D eigenvalue weighted by molar-refractivity contribution is 7.92. The predicted molar refractivity (Wildman–Crippen MR) is 166 cm³/mol. The summed E-state index contributed by atoms with van der Waals surface area (Å²) >= 11 is 18.7. The van der Waals surface area contributed by atoms with Crippen LogP contribution in [0.5, 0.6) is 0 Å². The molecule has 0 aliphatic rings. The van der Waals surface area contributed by atoms with Gasteiger partial charge in [-0.05, 0) is 74.2 Å². The van der Waals surface area contributed by atoms with Crippen molar-refractivity contribution in [1.29, 1.82) is 0 Å². The van der Waals surface area contributed by atoms with Crippen molar-refractivity contribution in [2.75, 3.05) is 17.4 Å². The number of carbonyl (C=O) groups is 2. The number of sulfonamides is 1. The zero-order chi connectivity index (χ0) is 30.3. The van der Waals surface area contributed by atoms with Crippen LogP contribution in [-0.4, -0.2) is 44.3 Å². The minimum atomic E-state index is -4.20. The number of amides is 2. The average molecular weight is 639 g/mol. The molecule has 1 unspecified atom stereocenters. The Balaban J connectivity index is 2.11. The van der Waals surface area contributed by atoms with Crippen LogP contribution < -0.4 is 9.62 Å². The Labute approximate surface area is 257 Å². The van der Waals surface area contributed by atoms with Crippen molar-refractivity contribution in [2.45, 2.75) is 58.0 Å². The molecule has 2 amide bonds. The lowest BCUT2D eigenvalue weighted by molar-refractivity contribution is -0.140. The Morgan fingerprint density at radius 2 is 1.59 bits per heavy atom. The van der Waals surface area contributed by atoms with Gasteiger partial charge in [0.25, 0.3) is 10.0 Å². The molecule has 0 spiro atoms. The van der Waals surface area contributed by atoms with E-state index < -0.39 is 28.5 Å².